The van der Waals surface area contributed by atoms with Crippen LogP contribution in [0.2, 0.25) is 0 Å². The molecule has 98 valence electrons. The van der Waals surface area contributed by atoms with Crippen molar-refractivity contribution in [3.63, 3.8) is 0 Å². The van der Waals surface area contributed by atoms with Crippen molar-refractivity contribution in [3.05, 3.63) is 0 Å². The standard InChI is InChI=1S/C14H26NO2/c1-2-15(7-9-17-10-8-15)13-6-4-11-3-5-12(13)14(11)16/h11-14,16H,2-10H2,1H3/q+1/t11-,12-,13+,14+/m0/s1. The SMILES string of the molecule is CC[N+]1([C@@H]2CC[C@@H]3CC[C@@H]2[C@@H]3O)CCOCC1. The Bertz CT molecular complexity index is 275. The van der Waals surface area contributed by atoms with Gasteiger partial charge >= 0.3 is 0 Å². The number of quaternary nitrogens is 1. The van der Waals surface area contributed by atoms with Gasteiger partial charge in [-0.15, -0.1) is 0 Å². The number of ether oxygens (including phenoxy) is 1. The van der Waals surface area contributed by atoms with E-state index in [-0.39, 0.29) is 6.10 Å². The fourth-order valence-electron chi connectivity index (χ4n) is 4.70. The van der Waals surface area contributed by atoms with E-state index in [1.165, 1.54) is 36.7 Å². The average molecular weight is 240 g/mol. The molecule has 0 aromatic heterocycles. The highest BCUT2D eigenvalue weighted by Gasteiger charge is 2.51. The quantitative estimate of drug-likeness (QED) is 0.739. The first-order valence-electron chi connectivity index (χ1n) is 7.38. The third-order valence-electron chi connectivity index (χ3n) is 5.82. The monoisotopic (exact) mass is 240 g/mol. The zero-order valence-corrected chi connectivity index (χ0v) is 11.0. The summed E-state index contributed by atoms with van der Waals surface area (Å²) in [5, 5.41) is 10.4. The van der Waals surface area contributed by atoms with E-state index < -0.39 is 0 Å². The van der Waals surface area contributed by atoms with E-state index >= 15 is 0 Å². The summed E-state index contributed by atoms with van der Waals surface area (Å²) < 4.78 is 6.76. The van der Waals surface area contributed by atoms with Crippen LogP contribution in [0.15, 0.2) is 0 Å². The van der Waals surface area contributed by atoms with E-state index in [2.05, 4.69) is 6.92 Å². The Morgan fingerprint density at radius 2 is 1.82 bits per heavy atom. The van der Waals surface area contributed by atoms with Crippen LogP contribution in [-0.2, 0) is 4.74 Å². The van der Waals surface area contributed by atoms with Crippen LogP contribution < -0.4 is 0 Å². The third kappa shape index (κ3) is 1.83. The lowest BCUT2D eigenvalue weighted by Crippen LogP contribution is -2.64. The van der Waals surface area contributed by atoms with E-state index in [1.807, 2.05) is 0 Å². The van der Waals surface area contributed by atoms with Crippen molar-refractivity contribution in [2.75, 3.05) is 32.8 Å². The van der Waals surface area contributed by atoms with Gasteiger partial charge in [-0.25, -0.2) is 0 Å². The molecule has 4 atom stereocenters. The van der Waals surface area contributed by atoms with Crippen LogP contribution in [0.25, 0.3) is 0 Å². The van der Waals surface area contributed by atoms with E-state index in [0.717, 1.165) is 26.3 Å². The summed E-state index contributed by atoms with van der Waals surface area (Å²) in [5.41, 5.74) is 0. The highest BCUT2D eigenvalue weighted by atomic mass is 16.5. The van der Waals surface area contributed by atoms with Crippen molar-refractivity contribution in [1.29, 1.82) is 0 Å². The van der Waals surface area contributed by atoms with Gasteiger partial charge in [0.25, 0.3) is 0 Å². The number of morpholine rings is 1. The van der Waals surface area contributed by atoms with Crippen LogP contribution in [0.4, 0.5) is 0 Å². The summed E-state index contributed by atoms with van der Waals surface area (Å²) in [7, 11) is 0. The Balaban J connectivity index is 1.81. The number of nitrogens with zero attached hydrogens (tertiary/aromatic N) is 1. The van der Waals surface area contributed by atoms with Crippen molar-refractivity contribution in [1.82, 2.24) is 0 Å². The van der Waals surface area contributed by atoms with Crippen LogP contribution in [0.5, 0.6) is 0 Å². The molecular formula is C14H26NO2+. The molecule has 3 rings (SSSR count). The predicted molar refractivity (Wildman–Crippen MR) is 66.6 cm³/mol. The number of fused-ring (bicyclic) bond motifs is 2. The van der Waals surface area contributed by atoms with Gasteiger partial charge in [0.2, 0.25) is 0 Å². The van der Waals surface area contributed by atoms with Gasteiger partial charge < -0.3 is 14.3 Å². The fourth-order valence-corrected chi connectivity index (χ4v) is 4.70. The van der Waals surface area contributed by atoms with E-state index in [0.29, 0.717) is 17.9 Å². The van der Waals surface area contributed by atoms with Gasteiger partial charge in [0.15, 0.2) is 0 Å². The minimum Gasteiger partial charge on any atom is -0.392 e. The predicted octanol–water partition coefficient (Wildman–Crippen LogP) is 1.40. The Hall–Kier alpha value is -0.120. The Kier molecular flexibility index (Phi) is 3.18. The van der Waals surface area contributed by atoms with Crippen molar-refractivity contribution < 1.29 is 14.3 Å². The highest BCUT2D eigenvalue weighted by molar-refractivity contribution is 4.94. The molecule has 0 spiro atoms. The smallest absolute Gasteiger partial charge is 0.103 e. The number of aliphatic hydroxyl groups excluding tert-OH is 1. The van der Waals surface area contributed by atoms with E-state index in [9.17, 15) is 5.11 Å². The van der Waals surface area contributed by atoms with Crippen LogP contribution in [0, 0.1) is 11.8 Å². The maximum atomic E-state index is 10.4. The Morgan fingerprint density at radius 1 is 1.12 bits per heavy atom. The van der Waals surface area contributed by atoms with Crippen LogP contribution in [0.3, 0.4) is 0 Å². The van der Waals surface area contributed by atoms with Gasteiger partial charge in [-0.3, -0.25) is 0 Å². The average Bonchev–Trinajstić information content (AvgIpc) is 2.63. The molecule has 0 amide bonds. The number of rotatable bonds is 2. The molecule has 3 heteroatoms. The number of aliphatic hydroxyl groups is 1. The largest absolute Gasteiger partial charge is 0.392 e. The maximum absolute atomic E-state index is 10.4. The molecule has 2 saturated carbocycles. The molecule has 0 unspecified atom stereocenters. The van der Waals surface area contributed by atoms with E-state index in [4.69, 9.17) is 4.74 Å². The summed E-state index contributed by atoms with van der Waals surface area (Å²) in [5.74, 6) is 1.20. The van der Waals surface area contributed by atoms with Gasteiger partial charge in [-0.05, 0) is 32.1 Å². The maximum Gasteiger partial charge on any atom is 0.103 e. The van der Waals surface area contributed by atoms with Crippen molar-refractivity contribution in [2.45, 2.75) is 44.8 Å². The second kappa shape index (κ2) is 4.52. The highest BCUT2D eigenvalue weighted by Crippen LogP contribution is 2.46. The van der Waals surface area contributed by atoms with Crippen LogP contribution in [-0.4, -0.2) is 54.6 Å². The molecular weight excluding hydrogens is 214 g/mol. The molecule has 0 radical (unpaired) electrons. The zero-order valence-electron chi connectivity index (χ0n) is 11.0. The molecule has 1 saturated heterocycles. The van der Waals surface area contributed by atoms with Gasteiger partial charge in [-0.2, -0.15) is 0 Å². The molecule has 1 aliphatic heterocycles. The molecule has 1 N–H and O–H groups in total. The summed E-state index contributed by atoms with van der Waals surface area (Å²) in [6.07, 6.45) is 5.11. The molecule has 2 aliphatic carbocycles. The second-order valence-electron chi connectivity index (χ2n) is 6.23. The van der Waals surface area contributed by atoms with Gasteiger partial charge in [0.1, 0.15) is 13.1 Å². The molecule has 3 aliphatic rings. The van der Waals surface area contributed by atoms with Gasteiger partial charge in [-0.1, -0.05) is 0 Å². The molecule has 17 heavy (non-hydrogen) atoms. The fraction of sp³-hybridized carbons (Fsp3) is 1.00. The normalized spacial score (nSPS) is 44.8. The number of likely N-dealkylation sites (N-methyl/N-ethyl adjacent to an activating group) is 1. The first-order chi connectivity index (χ1) is 8.27. The third-order valence-corrected chi connectivity index (χ3v) is 5.82. The summed E-state index contributed by atoms with van der Waals surface area (Å²) in [4.78, 5) is 0. The topological polar surface area (TPSA) is 29.5 Å². The summed E-state index contributed by atoms with van der Waals surface area (Å²) in [6, 6.07) is 0.706. The van der Waals surface area contributed by atoms with Gasteiger partial charge in [0.05, 0.1) is 31.9 Å². The Labute approximate surface area is 104 Å². The molecule has 3 nitrogen and oxygen atoms in total. The van der Waals surface area contributed by atoms with Gasteiger partial charge in [0, 0.05) is 12.3 Å². The molecule has 3 fully saturated rings. The summed E-state index contributed by atoms with van der Waals surface area (Å²) in [6.45, 7) is 7.68. The molecule has 1 heterocycles. The molecule has 0 aromatic rings. The van der Waals surface area contributed by atoms with Crippen molar-refractivity contribution in [3.8, 4) is 0 Å². The lowest BCUT2D eigenvalue weighted by Gasteiger charge is -2.51. The lowest BCUT2D eigenvalue weighted by atomic mass is 9.80. The minimum atomic E-state index is -0.00172. The van der Waals surface area contributed by atoms with Crippen molar-refractivity contribution in [2.24, 2.45) is 11.8 Å². The van der Waals surface area contributed by atoms with Crippen LogP contribution >= 0.6 is 0 Å². The molecule has 2 bridgehead atoms. The second-order valence-corrected chi connectivity index (χ2v) is 6.23. The number of hydrogen-bond donors (Lipinski definition) is 1. The minimum absolute atomic E-state index is 0.00172. The first-order valence-corrected chi connectivity index (χ1v) is 7.38. The number of hydrogen-bond acceptors (Lipinski definition) is 2. The van der Waals surface area contributed by atoms with E-state index in [1.54, 1.807) is 0 Å². The molecule has 0 aromatic carbocycles. The zero-order chi connectivity index (χ0) is 11.9. The van der Waals surface area contributed by atoms with Crippen molar-refractivity contribution >= 4 is 0 Å². The summed E-state index contributed by atoms with van der Waals surface area (Å²) >= 11 is 0. The Morgan fingerprint density at radius 3 is 2.53 bits per heavy atom. The first kappa shape index (κ1) is 11.9. The lowest BCUT2D eigenvalue weighted by molar-refractivity contribution is -0.961. The van der Waals surface area contributed by atoms with Crippen LogP contribution in [0.1, 0.15) is 32.6 Å².